The Morgan fingerprint density at radius 1 is 1.13 bits per heavy atom. The van der Waals surface area contributed by atoms with Gasteiger partial charge < -0.3 is 26.3 Å². The lowest BCUT2D eigenvalue weighted by molar-refractivity contribution is -0.117. The number of carbonyl (C=O) groups is 1. The van der Waals surface area contributed by atoms with Crippen molar-refractivity contribution in [3.05, 3.63) is 70.4 Å². The lowest BCUT2D eigenvalue weighted by atomic mass is 10.1. The third-order valence-electron chi connectivity index (χ3n) is 7.93. The van der Waals surface area contributed by atoms with Gasteiger partial charge in [0.1, 0.15) is 11.7 Å². The molecule has 6 rings (SSSR count). The van der Waals surface area contributed by atoms with Gasteiger partial charge in [-0.3, -0.25) is 14.7 Å². The number of para-hydroxylation sites is 1. The van der Waals surface area contributed by atoms with E-state index in [9.17, 15) is 14.0 Å². The molecule has 0 radical (unpaired) electrons. The van der Waals surface area contributed by atoms with Crippen molar-refractivity contribution in [2.45, 2.75) is 39.5 Å². The van der Waals surface area contributed by atoms with Gasteiger partial charge in [0.15, 0.2) is 5.82 Å². The fraction of sp³-hybridized carbons (Fsp3) is 0.375. The lowest BCUT2D eigenvalue weighted by Gasteiger charge is -2.16. The topological polar surface area (TPSA) is 173 Å². The molecule has 14 heteroatoms. The SMILES string of the molecule is CN/C(C)=C\C(N)=N/c1ncc(C)c(-c2c[nH]c3c(NC(=O)CN4CCCC4)cccc23)n1.O=c1ncc(F)c(N2CCCC2)[nH]1. The van der Waals surface area contributed by atoms with Gasteiger partial charge in [0.25, 0.3) is 5.95 Å². The molecule has 2 aliphatic heterocycles. The van der Waals surface area contributed by atoms with E-state index in [4.69, 9.17) is 5.73 Å². The maximum absolute atomic E-state index is 13.1. The predicted molar refractivity (Wildman–Crippen MR) is 179 cm³/mol. The number of hydrogen-bond donors (Lipinski definition) is 5. The number of benzene rings is 1. The molecule has 0 spiro atoms. The number of fused-ring (bicyclic) bond motifs is 1. The van der Waals surface area contributed by atoms with Crippen LogP contribution in [0.2, 0.25) is 0 Å². The molecule has 0 bridgehead atoms. The van der Waals surface area contributed by atoms with E-state index in [0.29, 0.717) is 12.4 Å². The lowest BCUT2D eigenvalue weighted by Crippen LogP contribution is -2.30. The number of amidine groups is 1. The second-order valence-electron chi connectivity index (χ2n) is 11.4. The first kappa shape index (κ1) is 32.3. The summed E-state index contributed by atoms with van der Waals surface area (Å²) >= 11 is 0. The molecule has 5 heterocycles. The standard InChI is InChI=1S/C24H30N8O.C8H10FN3O/c1-15-12-28-24(30-20(25)11-16(2)26-3)31-22(15)18-13-27-23-17(18)7-6-8-19(23)29-21(33)14-32-9-4-5-10-32;9-6-5-10-8(13)11-7(6)12-3-1-2-4-12/h6-8,11-13,26-27H,4-5,9-10,14H2,1-3H3,(H,29,33)(H2,25,28,30,31);5H,1-4H2,(H,10,11,13)/b16-11-;. The largest absolute Gasteiger partial charge is 0.392 e. The average Bonchev–Trinajstić information content (AvgIpc) is 3.83. The number of aromatic nitrogens is 5. The summed E-state index contributed by atoms with van der Waals surface area (Å²) in [6.07, 6.45) is 10.7. The Balaban J connectivity index is 0.000000266. The van der Waals surface area contributed by atoms with E-state index in [-0.39, 0.29) is 17.7 Å². The number of aliphatic imine (C=N–C) groups is 1. The number of nitrogens with zero attached hydrogens (tertiary/aromatic N) is 6. The Kier molecular flexibility index (Phi) is 10.4. The highest BCUT2D eigenvalue weighted by molar-refractivity contribution is 6.06. The molecule has 1 aromatic carbocycles. The summed E-state index contributed by atoms with van der Waals surface area (Å²) in [6.45, 7) is 7.84. The maximum atomic E-state index is 13.1. The molecule has 2 aliphatic rings. The van der Waals surface area contributed by atoms with Crippen LogP contribution >= 0.6 is 0 Å². The second kappa shape index (κ2) is 14.8. The Morgan fingerprint density at radius 2 is 1.87 bits per heavy atom. The Bertz CT molecular complexity index is 1800. The van der Waals surface area contributed by atoms with Crippen molar-refractivity contribution >= 4 is 40.1 Å². The van der Waals surface area contributed by atoms with Gasteiger partial charge in [0.05, 0.1) is 29.6 Å². The van der Waals surface area contributed by atoms with E-state index in [1.54, 1.807) is 12.3 Å². The van der Waals surface area contributed by atoms with E-state index in [1.807, 2.05) is 50.2 Å². The summed E-state index contributed by atoms with van der Waals surface area (Å²) in [5, 5.41) is 7.03. The van der Waals surface area contributed by atoms with Crippen LogP contribution in [0.3, 0.4) is 0 Å². The van der Waals surface area contributed by atoms with Crippen molar-refractivity contribution in [1.29, 1.82) is 0 Å². The van der Waals surface area contributed by atoms with Crippen LogP contribution in [0.1, 0.15) is 38.2 Å². The summed E-state index contributed by atoms with van der Waals surface area (Å²) in [5.74, 6) is 0.422. The molecule has 0 aliphatic carbocycles. The van der Waals surface area contributed by atoms with Crippen LogP contribution in [-0.2, 0) is 4.79 Å². The second-order valence-corrected chi connectivity index (χ2v) is 11.4. The molecular formula is C32H40FN11O2. The number of nitrogens with two attached hydrogens (primary N) is 1. The molecular weight excluding hydrogens is 589 g/mol. The van der Waals surface area contributed by atoms with Crippen LogP contribution in [0.5, 0.6) is 0 Å². The van der Waals surface area contributed by atoms with Crippen LogP contribution in [0, 0.1) is 12.7 Å². The summed E-state index contributed by atoms with van der Waals surface area (Å²) < 4.78 is 13.1. The zero-order valence-electron chi connectivity index (χ0n) is 26.4. The minimum Gasteiger partial charge on any atom is -0.392 e. The molecule has 2 saturated heterocycles. The van der Waals surface area contributed by atoms with Crippen molar-refractivity contribution in [3.8, 4) is 11.3 Å². The number of carbonyl (C=O) groups excluding carboxylic acids is 1. The third kappa shape index (κ3) is 7.93. The molecule has 1 amide bonds. The molecule has 0 unspecified atom stereocenters. The summed E-state index contributed by atoms with van der Waals surface area (Å²) in [4.78, 5) is 49.7. The fourth-order valence-electron chi connectivity index (χ4n) is 5.53. The van der Waals surface area contributed by atoms with Crippen LogP contribution in [0.15, 0.2) is 58.3 Å². The number of hydrogen-bond acceptors (Lipinski definition) is 9. The van der Waals surface area contributed by atoms with Crippen molar-refractivity contribution in [2.75, 3.05) is 50.0 Å². The molecule has 0 saturated carbocycles. The van der Waals surface area contributed by atoms with Gasteiger partial charge in [0, 0.05) is 49.2 Å². The number of aromatic amines is 2. The normalized spacial score (nSPS) is 15.6. The van der Waals surface area contributed by atoms with Gasteiger partial charge in [-0.25, -0.2) is 19.2 Å². The number of anilines is 2. The van der Waals surface area contributed by atoms with Crippen molar-refractivity contribution < 1.29 is 9.18 Å². The Hall–Kier alpha value is -5.11. The van der Waals surface area contributed by atoms with Crippen LogP contribution < -0.4 is 27.0 Å². The number of aryl methyl sites for hydroxylation is 1. The molecule has 2 fully saturated rings. The smallest absolute Gasteiger partial charge is 0.346 e. The zero-order valence-corrected chi connectivity index (χ0v) is 26.4. The fourth-order valence-corrected chi connectivity index (χ4v) is 5.53. The summed E-state index contributed by atoms with van der Waals surface area (Å²) in [5.41, 5.74) is 10.6. The van der Waals surface area contributed by atoms with E-state index < -0.39 is 11.5 Å². The van der Waals surface area contributed by atoms with Crippen LogP contribution in [-0.4, -0.2) is 81.3 Å². The van der Waals surface area contributed by atoms with Gasteiger partial charge in [-0.05, 0) is 70.3 Å². The number of amides is 1. The molecule has 13 nitrogen and oxygen atoms in total. The third-order valence-corrected chi connectivity index (χ3v) is 7.93. The Morgan fingerprint density at radius 3 is 2.61 bits per heavy atom. The number of H-pyrrole nitrogens is 2. The molecule has 0 atom stereocenters. The number of nitrogens with one attached hydrogen (secondary N) is 4. The molecule has 4 aromatic rings. The first-order valence-electron chi connectivity index (χ1n) is 15.4. The molecule has 3 aromatic heterocycles. The highest BCUT2D eigenvalue weighted by Crippen LogP contribution is 2.33. The van der Waals surface area contributed by atoms with E-state index in [1.165, 1.54) is 0 Å². The average molecular weight is 630 g/mol. The van der Waals surface area contributed by atoms with E-state index >= 15 is 0 Å². The number of allylic oxidation sites excluding steroid dienone is 1. The van der Waals surface area contributed by atoms with Gasteiger partial charge in [-0.15, -0.1) is 0 Å². The minimum atomic E-state index is -0.497. The van der Waals surface area contributed by atoms with Gasteiger partial charge in [-0.2, -0.15) is 9.98 Å². The monoisotopic (exact) mass is 629 g/mol. The molecule has 6 N–H and O–H groups in total. The molecule has 242 valence electrons. The minimum absolute atomic E-state index is 0.00391. The van der Waals surface area contributed by atoms with Crippen LogP contribution in [0.4, 0.5) is 21.8 Å². The van der Waals surface area contributed by atoms with Crippen LogP contribution in [0.25, 0.3) is 22.2 Å². The van der Waals surface area contributed by atoms with Crippen molar-refractivity contribution in [1.82, 2.24) is 35.1 Å². The van der Waals surface area contributed by atoms with Gasteiger partial charge >= 0.3 is 5.69 Å². The summed E-state index contributed by atoms with van der Waals surface area (Å²) in [6, 6.07) is 5.85. The van der Waals surface area contributed by atoms with Crippen molar-refractivity contribution in [2.24, 2.45) is 10.7 Å². The zero-order chi connectivity index (χ0) is 32.6. The highest BCUT2D eigenvalue weighted by atomic mass is 19.1. The first-order valence-corrected chi connectivity index (χ1v) is 15.4. The van der Waals surface area contributed by atoms with Gasteiger partial charge in [-0.1, -0.05) is 12.1 Å². The summed E-state index contributed by atoms with van der Waals surface area (Å²) in [7, 11) is 1.82. The van der Waals surface area contributed by atoms with E-state index in [0.717, 1.165) is 97.2 Å². The maximum Gasteiger partial charge on any atom is 0.346 e. The molecule has 46 heavy (non-hydrogen) atoms. The van der Waals surface area contributed by atoms with Gasteiger partial charge in [0.2, 0.25) is 5.91 Å². The first-order chi connectivity index (χ1) is 22.2. The highest BCUT2D eigenvalue weighted by Gasteiger charge is 2.19. The Labute approximate surface area is 266 Å². The quantitative estimate of drug-likeness (QED) is 0.144. The number of rotatable bonds is 8. The van der Waals surface area contributed by atoms with E-state index in [2.05, 4.69) is 45.4 Å². The number of halogens is 1. The number of likely N-dealkylation sites (tertiary alicyclic amines) is 1. The predicted octanol–water partition coefficient (Wildman–Crippen LogP) is 3.59. The van der Waals surface area contributed by atoms with Crippen molar-refractivity contribution in [3.63, 3.8) is 0 Å².